The predicted molar refractivity (Wildman–Crippen MR) is 115 cm³/mol. The van der Waals surface area contributed by atoms with E-state index in [9.17, 15) is 4.79 Å². The van der Waals surface area contributed by atoms with E-state index in [-0.39, 0.29) is 17.4 Å². The average molecular weight is 376 g/mol. The molecule has 1 atom stereocenters. The molecule has 0 aliphatic heterocycles. The number of amides is 1. The number of hydrogen-bond donors (Lipinski definition) is 1. The molecule has 2 aromatic carbocycles. The monoisotopic (exact) mass is 375 g/mol. The fraction of sp³-hybridized carbons (Fsp3) is 0.333. The van der Waals surface area contributed by atoms with Crippen molar-refractivity contribution in [3.8, 4) is 16.8 Å². The van der Waals surface area contributed by atoms with Crippen LogP contribution in [0.3, 0.4) is 0 Å². The molecule has 0 saturated heterocycles. The largest absolute Gasteiger partial charge is 0.348 e. The number of carbonyl (C=O) groups excluding carboxylic acids is 1. The highest BCUT2D eigenvalue weighted by molar-refractivity contribution is 5.93. The molecule has 1 N–H and O–H groups in total. The molecule has 28 heavy (non-hydrogen) atoms. The van der Waals surface area contributed by atoms with Crippen molar-refractivity contribution in [1.82, 2.24) is 14.9 Å². The minimum absolute atomic E-state index is 0.00585. The maximum atomic E-state index is 12.7. The van der Waals surface area contributed by atoms with Crippen LogP contribution in [0.1, 0.15) is 49.3 Å². The smallest absolute Gasteiger partial charge is 0.270 e. The number of nitrogens with zero attached hydrogens (tertiary/aromatic N) is 2. The van der Waals surface area contributed by atoms with Crippen LogP contribution < -0.4 is 5.32 Å². The molecule has 0 radical (unpaired) electrons. The SMILES string of the molecule is Cc1cc(C)cc(-c2ccc(-n3cncc3C(=O)N[C@H](C)C(C)(C)C)cc2)c1. The van der Waals surface area contributed by atoms with E-state index >= 15 is 0 Å². The number of benzene rings is 2. The van der Waals surface area contributed by atoms with Crippen LogP contribution in [0.15, 0.2) is 55.0 Å². The summed E-state index contributed by atoms with van der Waals surface area (Å²) < 4.78 is 1.83. The Morgan fingerprint density at radius 1 is 1.00 bits per heavy atom. The van der Waals surface area contributed by atoms with Crippen LogP contribution in [0.5, 0.6) is 0 Å². The van der Waals surface area contributed by atoms with Gasteiger partial charge in [0.05, 0.1) is 12.5 Å². The van der Waals surface area contributed by atoms with E-state index in [2.05, 4.69) is 75.3 Å². The molecular formula is C24H29N3O. The lowest BCUT2D eigenvalue weighted by atomic mass is 9.88. The molecule has 4 nitrogen and oxygen atoms in total. The number of rotatable bonds is 4. The summed E-state index contributed by atoms with van der Waals surface area (Å²) in [5, 5.41) is 3.08. The Bertz CT molecular complexity index is 958. The van der Waals surface area contributed by atoms with Gasteiger partial charge in [-0.1, -0.05) is 62.2 Å². The first kappa shape index (κ1) is 19.9. The van der Waals surface area contributed by atoms with Gasteiger partial charge in [-0.2, -0.15) is 0 Å². The van der Waals surface area contributed by atoms with E-state index in [4.69, 9.17) is 0 Å². The third-order valence-corrected chi connectivity index (χ3v) is 5.22. The third kappa shape index (κ3) is 4.33. The summed E-state index contributed by atoms with van der Waals surface area (Å²) in [6.45, 7) is 12.6. The van der Waals surface area contributed by atoms with Gasteiger partial charge in [-0.25, -0.2) is 4.98 Å². The highest BCUT2D eigenvalue weighted by Crippen LogP contribution is 2.24. The van der Waals surface area contributed by atoms with Gasteiger partial charge in [0.15, 0.2) is 0 Å². The van der Waals surface area contributed by atoms with Crippen LogP contribution in [-0.2, 0) is 0 Å². The van der Waals surface area contributed by atoms with Crippen LogP contribution >= 0.6 is 0 Å². The Morgan fingerprint density at radius 3 is 2.18 bits per heavy atom. The van der Waals surface area contributed by atoms with Crippen molar-refractivity contribution < 1.29 is 4.79 Å². The molecule has 3 rings (SSSR count). The summed E-state index contributed by atoms with van der Waals surface area (Å²) in [4.78, 5) is 16.9. The van der Waals surface area contributed by atoms with Crippen LogP contribution in [0.25, 0.3) is 16.8 Å². The van der Waals surface area contributed by atoms with Crippen LogP contribution in [0, 0.1) is 19.3 Å². The van der Waals surface area contributed by atoms with Gasteiger partial charge < -0.3 is 5.32 Å². The molecule has 0 saturated carbocycles. The summed E-state index contributed by atoms with van der Waals surface area (Å²) in [7, 11) is 0. The van der Waals surface area contributed by atoms with Gasteiger partial charge in [-0.15, -0.1) is 0 Å². The molecule has 4 heteroatoms. The molecule has 3 aromatic rings. The Labute approximate surface area is 167 Å². The lowest BCUT2D eigenvalue weighted by Gasteiger charge is -2.28. The first-order chi connectivity index (χ1) is 13.1. The quantitative estimate of drug-likeness (QED) is 0.671. The fourth-order valence-corrected chi connectivity index (χ4v) is 3.11. The molecule has 0 aliphatic rings. The summed E-state index contributed by atoms with van der Waals surface area (Å²) >= 11 is 0. The van der Waals surface area contributed by atoms with Crippen molar-refractivity contribution in [1.29, 1.82) is 0 Å². The van der Waals surface area contributed by atoms with E-state index in [1.165, 1.54) is 16.7 Å². The number of aromatic nitrogens is 2. The topological polar surface area (TPSA) is 46.9 Å². The van der Waals surface area contributed by atoms with E-state index in [0.29, 0.717) is 5.69 Å². The molecule has 0 fully saturated rings. The van der Waals surface area contributed by atoms with Crippen molar-refractivity contribution in [3.05, 3.63) is 71.8 Å². The van der Waals surface area contributed by atoms with Gasteiger partial charge in [0, 0.05) is 11.7 Å². The average Bonchev–Trinajstić information content (AvgIpc) is 3.10. The zero-order valence-electron chi connectivity index (χ0n) is 17.6. The van der Waals surface area contributed by atoms with Crippen molar-refractivity contribution in [2.24, 2.45) is 5.41 Å². The summed E-state index contributed by atoms with van der Waals surface area (Å²) in [5.74, 6) is -0.113. The first-order valence-corrected chi connectivity index (χ1v) is 9.67. The minimum atomic E-state index is -0.113. The van der Waals surface area contributed by atoms with Crippen LogP contribution in [0.4, 0.5) is 0 Å². The van der Waals surface area contributed by atoms with Crippen molar-refractivity contribution in [2.45, 2.75) is 47.6 Å². The maximum Gasteiger partial charge on any atom is 0.270 e. The highest BCUT2D eigenvalue weighted by atomic mass is 16.2. The van der Waals surface area contributed by atoms with Gasteiger partial charge in [0.1, 0.15) is 5.69 Å². The van der Waals surface area contributed by atoms with E-state index in [0.717, 1.165) is 11.3 Å². The van der Waals surface area contributed by atoms with Gasteiger partial charge >= 0.3 is 0 Å². The number of imidazole rings is 1. The second-order valence-corrected chi connectivity index (χ2v) is 8.63. The number of aryl methyl sites for hydroxylation is 2. The molecule has 1 aromatic heterocycles. The molecular weight excluding hydrogens is 346 g/mol. The van der Waals surface area contributed by atoms with Gasteiger partial charge in [-0.05, 0) is 49.4 Å². The molecule has 0 unspecified atom stereocenters. The Kier molecular flexibility index (Phi) is 5.41. The molecule has 0 bridgehead atoms. The third-order valence-electron chi connectivity index (χ3n) is 5.22. The zero-order valence-corrected chi connectivity index (χ0v) is 17.6. The maximum absolute atomic E-state index is 12.7. The van der Waals surface area contributed by atoms with Crippen molar-refractivity contribution in [3.63, 3.8) is 0 Å². The standard InChI is InChI=1S/C24H29N3O/c1-16-11-17(2)13-20(12-16)19-7-9-21(10-8-19)27-15-25-14-22(27)23(28)26-18(3)24(4,5)6/h7-15,18H,1-6H3,(H,26,28)/t18-/m1/s1. The van der Waals surface area contributed by atoms with E-state index < -0.39 is 0 Å². The Hall–Kier alpha value is -2.88. The predicted octanol–water partition coefficient (Wildman–Crippen LogP) is 5.32. The molecule has 0 aliphatic carbocycles. The number of carbonyl (C=O) groups is 1. The summed E-state index contributed by atoms with van der Waals surface area (Å²) in [6.07, 6.45) is 3.30. The second kappa shape index (κ2) is 7.63. The molecule has 1 heterocycles. The minimum Gasteiger partial charge on any atom is -0.348 e. The number of hydrogen-bond acceptors (Lipinski definition) is 2. The van der Waals surface area contributed by atoms with Crippen molar-refractivity contribution >= 4 is 5.91 Å². The molecule has 146 valence electrons. The normalized spacial score (nSPS) is 12.6. The van der Waals surface area contributed by atoms with E-state index in [1.807, 2.05) is 23.6 Å². The first-order valence-electron chi connectivity index (χ1n) is 9.67. The fourth-order valence-electron chi connectivity index (χ4n) is 3.11. The van der Waals surface area contributed by atoms with Crippen molar-refractivity contribution in [2.75, 3.05) is 0 Å². The van der Waals surface area contributed by atoms with Gasteiger partial charge in [0.2, 0.25) is 0 Å². The van der Waals surface area contributed by atoms with Gasteiger partial charge in [0.25, 0.3) is 5.91 Å². The Balaban J connectivity index is 1.86. The lowest BCUT2D eigenvalue weighted by molar-refractivity contribution is 0.0903. The molecule has 0 spiro atoms. The van der Waals surface area contributed by atoms with Crippen LogP contribution in [-0.4, -0.2) is 21.5 Å². The van der Waals surface area contributed by atoms with E-state index in [1.54, 1.807) is 12.5 Å². The lowest BCUT2D eigenvalue weighted by Crippen LogP contribution is -2.41. The summed E-state index contributed by atoms with van der Waals surface area (Å²) in [5.41, 5.74) is 6.30. The highest BCUT2D eigenvalue weighted by Gasteiger charge is 2.23. The van der Waals surface area contributed by atoms with Gasteiger partial charge in [-0.3, -0.25) is 9.36 Å². The Morgan fingerprint density at radius 2 is 1.61 bits per heavy atom. The number of nitrogens with one attached hydrogen (secondary N) is 1. The second-order valence-electron chi connectivity index (χ2n) is 8.63. The zero-order chi connectivity index (χ0) is 20.5. The van der Waals surface area contributed by atoms with Crippen LogP contribution in [0.2, 0.25) is 0 Å². The summed E-state index contributed by atoms with van der Waals surface area (Å²) in [6, 6.07) is 14.8. The molecule has 1 amide bonds.